The van der Waals surface area contributed by atoms with Gasteiger partial charge in [0.25, 0.3) is 5.91 Å². The summed E-state index contributed by atoms with van der Waals surface area (Å²) in [7, 11) is 0. The van der Waals surface area contributed by atoms with E-state index in [4.69, 9.17) is 5.11 Å². The minimum atomic E-state index is -1.07. The first-order valence-corrected chi connectivity index (χ1v) is 7.81. The second-order valence-electron chi connectivity index (χ2n) is 4.88. The van der Waals surface area contributed by atoms with E-state index in [1.807, 2.05) is 11.6 Å². The first-order chi connectivity index (χ1) is 10.4. The quantitative estimate of drug-likeness (QED) is 0.847. The van der Waals surface area contributed by atoms with Gasteiger partial charge in [0.15, 0.2) is 5.69 Å². The summed E-state index contributed by atoms with van der Waals surface area (Å²) < 4.78 is 1.83. The molecule has 0 aliphatic carbocycles. The van der Waals surface area contributed by atoms with Gasteiger partial charge in [0.1, 0.15) is 5.01 Å². The molecule has 22 heavy (non-hydrogen) atoms. The van der Waals surface area contributed by atoms with Crippen LogP contribution in [0.5, 0.6) is 0 Å². The number of aryl methyl sites for hydroxylation is 2. The van der Waals surface area contributed by atoms with Crippen LogP contribution in [0.4, 0.5) is 0 Å². The minimum absolute atomic E-state index is 0.00243. The predicted molar refractivity (Wildman–Crippen MR) is 82.2 cm³/mol. The lowest BCUT2D eigenvalue weighted by atomic mass is 10.2. The predicted octanol–water partition coefficient (Wildman–Crippen LogP) is 1.99. The van der Waals surface area contributed by atoms with E-state index in [-0.39, 0.29) is 18.1 Å². The molecule has 0 bridgehead atoms. The average Bonchev–Trinajstić information content (AvgIpc) is 3.03. The Morgan fingerprint density at radius 3 is 2.73 bits per heavy atom. The van der Waals surface area contributed by atoms with Gasteiger partial charge in [-0.15, -0.1) is 11.3 Å². The lowest BCUT2D eigenvalue weighted by molar-refractivity contribution is 0.0691. The molecule has 1 amide bonds. The van der Waals surface area contributed by atoms with Crippen LogP contribution in [0.2, 0.25) is 0 Å². The van der Waals surface area contributed by atoms with Crippen LogP contribution in [0, 0.1) is 13.8 Å². The lowest BCUT2D eigenvalue weighted by Crippen LogP contribution is -2.24. The number of aromatic nitrogens is 3. The number of nitrogens with zero attached hydrogens (tertiary/aromatic N) is 3. The normalized spacial score (nSPS) is 10.7. The zero-order valence-electron chi connectivity index (χ0n) is 12.7. The first-order valence-electron chi connectivity index (χ1n) is 6.94. The third-order valence-electron chi connectivity index (χ3n) is 3.21. The van der Waals surface area contributed by atoms with Gasteiger partial charge in [-0.2, -0.15) is 5.10 Å². The molecular formula is C14H18N4O3S. The topological polar surface area (TPSA) is 97.1 Å². The number of carboxylic acid groups (broad SMARTS) is 1. The van der Waals surface area contributed by atoms with Gasteiger partial charge in [-0.3, -0.25) is 9.48 Å². The molecule has 0 saturated carbocycles. The average molecular weight is 322 g/mol. The fourth-order valence-corrected chi connectivity index (χ4v) is 2.90. The Hall–Kier alpha value is -2.22. The van der Waals surface area contributed by atoms with Crippen molar-refractivity contribution in [2.45, 2.75) is 40.3 Å². The summed E-state index contributed by atoms with van der Waals surface area (Å²) in [5, 5.41) is 18.0. The number of amides is 1. The molecule has 2 aromatic rings. The van der Waals surface area contributed by atoms with Crippen LogP contribution < -0.4 is 5.32 Å². The van der Waals surface area contributed by atoms with Crippen LogP contribution in [-0.4, -0.2) is 31.7 Å². The molecule has 0 spiro atoms. The SMILES string of the molecule is CCCn1nc(C)c(C(=O)NCc2nc(C(=O)O)cs2)c1C. The monoisotopic (exact) mass is 322 g/mol. The molecule has 0 unspecified atom stereocenters. The van der Waals surface area contributed by atoms with Crippen LogP contribution in [-0.2, 0) is 13.1 Å². The van der Waals surface area contributed by atoms with E-state index in [1.54, 1.807) is 6.92 Å². The summed E-state index contributed by atoms with van der Waals surface area (Å²) in [4.78, 5) is 27.0. The van der Waals surface area contributed by atoms with Crippen molar-refractivity contribution < 1.29 is 14.7 Å². The van der Waals surface area contributed by atoms with Gasteiger partial charge in [-0.1, -0.05) is 6.92 Å². The largest absolute Gasteiger partial charge is 0.476 e. The molecule has 2 aromatic heterocycles. The Kier molecular flexibility index (Phi) is 4.92. The third-order valence-corrected chi connectivity index (χ3v) is 4.06. The fourth-order valence-electron chi connectivity index (χ4n) is 2.19. The van der Waals surface area contributed by atoms with E-state index in [2.05, 4.69) is 22.3 Å². The molecule has 7 nitrogen and oxygen atoms in total. The molecule has 0 aliphatic rings. The highest BCUT2D eigenvalue weighted by Gasteiger charge is 2.18. The van der Waals surface area contributed by atoms with Gasteiger partial charge >= 0.3 is 5.97 Å². The maximum absolute atomic E-state index is 12.3. The van der Waals surface area contributed by atoms with E-state index < -0.39 is 5.97 Å². The molecule has 0 atom stereocenters. The van der Waals surface area contributed by atoms with E-state index in [0.717, 1.165) is 18.7 Å². The molecule has 118 valence electrons. The molecule has 2 N–H and O–H groups in total. The summed E-state index contributed by atoms with van der Waals surface area (Å²) in [6.45, 7) is 6.71. The van der Waals surface area contributed by atoms with Crippen molar-refractivity contribution in [1.82, 2.24) is 20.1 Å². The Balaban J connectivity index is 2.07. The number of hydrogen-bond acceptors (Lipinski definition) is 5. The Labute approximate surface area is 132 Å². The molecule has 2 heterocycles. The summed E-state index contributed by atoms with van der Waals surface area (Å²) in [6, 6.07) is 0. The van der Waals surface area contributed by atoms with Crippen LogP contribution in [0.3, 0.4) is 0 Å². The smallest absolute Gasteiger partial charge is 0.355 e. The van der Waals surface area contributed by atoms with Gasteiger partial charge in [0.2, 0.25) is 0 Å². The lowest BCUT2D eigenvalue weighted by Gasteiger charge is -2.05. The second kappa shape index (κ2) is 6.69. The summed E-state index contributed by atoms with van der Waals surface area (Å²) in [5.74, 6) is -1.29. The van der Waals surface area contributed by atoms with Gasteiger partial charge in [0.05, 0.1) is 17.8 Å². The number of carbonyl (C=O) groups is 2. The summed E-state index contributed by atoms with van der Waals surface area (Å²) in [6.07, 6.45) is 0.945. The fraction of sp³-hybridized carbons (Fsp3) is 0.429. The van der Waals surface area contributed by atoms with E-state index in [9.17, 15) is 9.59 Å². The van der Waals surface area contributed by atoms with E-state index in [0.29, 0.717) is 16.3 Å². The number of rotatable bonds is 6. The minimum Gasteiger partial charge on any atom is -0.476 e. The molecule has 2 rings (SSSR count). The number of carboxylic acids is 1. The van der Waals surface area contributed by atoms with Crippen molar-refractivity contribution in [2.75, 3.05) is 0 Å². The van der Waals surface area contributed by atoms with Crippen molar-refractivity contribution in [1.29, 1.82) is 0 Å². The first kappa shape index (κ1) is 16.2. The van der Waals surface area contributed by atoms with Crippen LogP contribution in [0.15, 0.2) is 5.38 Å². The Bertz CT molecular complexity index is 705. The highest BCUT2D eigenvalue weighted by molar-refractivity contribution is 7.09. The highest BCUT2D eigenvalue weighted by Crippen LogP contribution is 2.14. The maximum Gasteiger partial charge on any atom is 0.355 e. The van der Waals surface area contributed by atoms with Gasteiger partial charge in [-0.25, -0.2) is 9.78 Å². The zero-order chi connectivity index (χ0) is 16.3. The van der Waals surface area contributed by atoms with Crippen molar-refractivity contribution in [3.05, 3.63) is 33.0 Å². The van der Waals surface area contributed by atoms with Crippen LogP contribution in [0.1, 0.15) is 50.6 Å². The Morgan fingerprint density at radius 2 is 2.14 bits per heavy atom. The van der Waals surface area contributed by atoms with Crippen molar-refractivity contribution in [3.63, 3.8) is 0 Å². The highest BCUT2D eigenvalue weighted by atomic mass is 32.1. The van der Waals surface area contributed by atoms with Crippen molar-refractivity contribution in [2.24, 2.45) is 0 Å². The molecule has 0 fully saturated rings. The van der Waals surface area contributed by atoms with Crippen LogP contribution >= 0.6 is 11.3 Å². The number of nitrogens with one attached hydrogen (secondary N) is 1. The number of hydrogen-bond donors (Lipinski definition) is 2. The summed E-state index contributed by atoms with van der Waals surface area (Å²) >= 11 is 1.21. The van der Waals surface area contributed by atoms with Crippen LogP contribution in [0.25, 0.3) is 0 Å². The molecule has 0 aromatic carbocycles. The zero-order valence-corrected chi connectivity index (χ0v) is 13.5. The number of thiazole rings is 1. The number of aromatic carboxylic acids is 1. The third kappa shape index (κ3) is 3.33. The molecule has 0 radical (unpaired) electrons. The molecule has 0 saturated heterocycles. The van der Waals surface area contributed by atoms with E-state index >= 15 is 0 Å². The summed E-state index contributed by atoms with van der Waals surface area (Å²) in [5.41, 5.74) is 2.09. The van der Waals surface area contributed by atoms with Gasteiger partial charge in [-0.05, 0) is 20.3 Å². The van der Waals surface area contributed by atoms with E-state index in [1.165, 1.54) is 16.7 Å². The number of carbonyl (C=O) groups excluding carboxylic acids is 1. The maximum atomic E-state index is 12.3. The van der Waals surface area contributed by atoms with Crippen molar-refractivity contribution in [3.8, 4) is 0 Å². The second-order valence-corrected chi connectivity index (χ2v) is 5.83. The molecule has 8 heteroatoms. The molecular weight excluding hydrogens is 304 g/mol. The molecule has 0 aliphatic heterocycles. The Morgan fingerprint density at radius 1 is 1.41 bits per heavy atom. The standard InChI is InChI=1S/C14H18N4O3S/c1-4-5-18-9(3)12(8(2)17-18)13(19)15-6-11-16-10(7-22-11)14(20)21/h7H,4-6H2,1-3H3,(H,15,19)(H,20,21). The van der Waals surface area contributed by atoms with Gasteiger partial charge in [0, 0.05) is 17.6 Å². The van der Waals surface area contributed by atoms with Gasteiger partial charge < -0.3 is 10.4 Å². The van der Waals surface area contributed by atoms with Crippen molar-refractivity contribution >= 4 is 23.2 Å².